The summed E-state index contributed by atoms with van der Waals surface area (Å²) in [6.07, 6.45) is -7.42. The molecule has 6 nitrogen and oxygen atoms in total. The van der Waals surface area contributed by atoms with E-state index in [1.54, 1.807) is 0 Å². The van der Waals surface area contributed by atoms with E-state index >= 15 is 0 Å². The van der Waals surface area contributed by atoms with Gasteiger partial charge in [-0.1, -0.05) is 0 Å². The van der Waals surface area contributed by atoms with Gasteiger partial charge in [0, 0.05) is 6.04 Å². The summed E-state index contributed by atoms with van der Waals surface area (Å²) < 4.78 is 82.4. The molecule has 2 aromatic rings. The van der Waals surface area contributed by atoms with E-state index in [2.05, 4.69) is 25.5 Å². The van der Waals surface area contributed by atoms with Crippen molar-refractivity contribution in [3.05, 3.63) is 17.8 Å². The second-order valence-corrected chi connectivity index (χ2v) is 7.08. The minimum Gasteiger partial charge on any atom is -0.480 e. The number of halogens is 6. The Morgan fingerprint density at radius 1 is 1.11 bits per heavy atom. The van der Waals surface area contributed by atoms with E-state index in [1.165, 1.54) is 0 Å². The lowest BCUT2D eigenvalue weighted by atomic mass is 9.94. The van der Waals surface area contributed by atoms with Gasteiger partial charge in [0.1, 0.15) is 5.69 Å². The van der Waals surface area contributed by atoms with Crippen molar-refractivity contribution in [1.29, 1.82) is 0 Å². The van der Waals surface area contributed by atoms with Crippen molar-refractivity contribution in [3.8, 4) is 5.75 Å². The van der Waals surface area contributed by atoms with Crippen LogP contribution >= 0.6 is 0 Å². The molecule has 2 fully saturated rings. The Balaban J connectivity index is 1.68. The maximum atomic E-state index is 13.3. The lowest BCUT2D eigenvalue weighted by molar-refractivity contribution is -0.153. The lowest BCUT2D eigenvalue weighted by Crippen LogP contribution is -2.45. The molecular weight excluding hydrogens is 392 g/mol. The molecule has 4 rings (SSSR count). The van der Waals surface area contributed by atoms with Crippen LogP contribution in [0.5, 0.6) is 5.75 Å². The fourth-order valence-electron chi connectivity index (χ4n) is 3.96. The third-order valence-electron chi connectivity index (χ3n) is 5.16. The molecule has 28 heavy (non-hydrogen) atoms. The van der Waals surface area contributed by atoms with Gasteiger partial charge in [-0.05, 0) is 49.9 Å². The first-order chi connectivity index (χ1) is 13.1. The normalized spacial score (nSPS) is 25.3. The van der Waals surface area contributed by atoms with E-state index in [4.69, 9.17) is 0 Å². The fourth-order valence-corrected chi connectivity index (χ4v) is 3.96. The summed E-state index contributed by atoms with van der Waals surface area (Å²) in [5.74, 6) is 0.123. The molecule has 0 amide bonds. The van der Waals surface area contributed by atoms with Gasteiger partial charge < -0.3 is 15.4 Å². The summed E-state index contributed by atoms with van der Waals surface area (Å²) in [6, 6.07) is 1.47. The van der Waals surface area contributed by atoms with Crippen LogP contribution in [0.3, 0.4) is 0 Å². The minimum atomic E-state index is -4.75. The van der Waals surface area contributed by atoms with E-state index in [0.717, 1.165) is 32.0 Å². The summed E-state index contributed by atoms with van der Waals surface area (Å²) >= 11 is 0. The largest absolute Gasteiger partial charge is 0.480 e. The van der Waals surface area contributed by atoms with Gasteiger partial charge in [0.05, 0.1) is 0 Å². The third-order valence-corrected chi connectivity index (χ3v) is 5.16. The zero-order chi connectivity index (χ0) is 20.1. The molecule has 2 atom stereocenters. The van der Waals surface area contributed by atoms with Gasteiger partial charge >= 0.3 is 12.4 Å². The van der Waals surface area contributed by atoms with E-state index in [9.17, 15) is 26.3 Å². The summed E-state index contributed by atoms with van der Waals surface area (Å²) in [5, 5.41) is 10.2. The van der Waals surface area contributed by atoms with Crippen LogP contribution in [0.25, 0.3) is 5.65 Å². The van der Waals surface area contributed by atoms with Crippen LogP contribution in [0.15, 0.2) is 12.1 Å². The highest BCUT2D eigenvalue weighted by molar-refractivity contribution is 5.57. The average Bonchev–Trinajstić information content (AvgIpc) is 3.08. The first-order valence-corrected chi connectivity index (χ1v) is 8.75. The number of pyridine rings is 1. The summed E-state index contributed by atoms with van der Waals surface area (Å²) in [7, 11) is 0. The van der Waals surface area contributed by atoms with Crippen molar-refractivity contribution in [2.75, 3.05) is 25.0 Å². The Morgan fingerprint density at radius 3 is 2.39 bits per heavy atom. The number of nitrogens with zero attached hydrogens (tertiary/aromatic N) is 3. The second kappa shape index (κ2) is 6.68. The number of alkyl halides is 6. The molecule has 12 heteroatoms. The van der Waals surface area contributed by atoms with Crippen LogP contribution in [0.2, 0.25) is 0 Å². The van der Waals surface area contributed by atoms with Gasteiger partial charge in [-0.2, -0.15) is 31.3 Å². The van der Waals surface area contributed by atoms with E-state index < -0.39 is 36.1 Å². The number of nitrogens with one attached hydrogen (secondary N) is 2. The maximum absolute atomic E-state index is 13.3. The molecule has 1 saturated heterocycles. The molecule has 0 radical (unpaired) electrons. The highest BCUT2D eigenvalue weighted by Crippen LogP contribution is 2.36. The monoisotopic (exact) mass is 409 g/mol. The van der Waals surface area contributed by atoms with Crippen molar-refractivity contribution >= 4 is 11.6 Å². The second-order valence-electron chi connectivity index (χ2n) is 7.08. The van der Waals surface area contributed by atoms with Gasteiger partial charge in [0.2, 0.25) is 5.95 Å². The molecule has 2 bridgehead atoms. The van der Waals surface area contributed by atoms with E-state index in [-0.39, 0.29) is 12.0 Å². The molecule has 1 aliphatic heterocycles. The quantitative estimate of drug-likeness (QED) is 0.760. The maximum Gasteiger partial charge on any atom is 0.433 e. The number of anilines is 1. The Bertz CT molecular complexity index is 848. The predicted octanol–water partition coefficient (Wildman–Crippen LogP) is 3.10. The van der Waals surface area contributed by atoms with Crippen LogP contribution in [0, 0.1) is 11.8 Å². The molecule has 1 aliphatic carbocycles. The number of piperidine rings is 1. The average molecular weight is 409 g/mol. The van der Waals surface area contributed by atoms with Gasteiger partial charge in [0.25, 0.3) is 0 Å². The molecule has 2 unspecified atom stereocenters. The van der Waals surface area contributed by atoms with Crippen molar-refractivity contribution in [2.24, 2.45) is 11.8 Å². The molecule has 0 spiro atoms. The number of hydrogen-bond donors (Lipinski definition) is 2. The smallest absolute Gasteiger partial charge is 0.433 e. The lowest BCUT2D eigenvalue weighted by Gasteiger charge is -2.30. The molecule has 1 saturated carbocycles. The Hall–Kier alpha value is -2.24. The van der Waals surface area contributed by atoms with Crippen molar-refractivity contribution in [3.63, 3.8) is 0 Å². The summed E-state index contributed by atoms with van der Waals surface area (Å²) in [6.45, 7) is -0.0628. The topological polar surface area (TPSA) is 63.5 Å². The van der Waals surface area contributed by atoms with Crippen molar-refractivity contribution in [1.82, 2.24) is 19.9 Å². The van der Waals surface area contributed by atoms with Crippen molar-refractivity contribution in [2.45, 2.75) is 31.2 Å². The predicted molar refractivity (Wildman–Crippen MR) is 86.0 cm³/mol. The molecule has 2 aromatic heterocycles. The van der Waals surface area contributed by atoms with Gasteiger partial charge in [-0.15, -0.1) is 5.10 Å². The third kappa shape index (κ3) is 3.69. The highest BCUT2D eigenvalue weighted by atomic mass is 19.4. The minimum absolute atomic E-state index is 0.00698. The zero-order valence-electron chi connectivity index (χ0n) is 14.4. The Labute approximate surface area is 155 Å². The number of rotatable bonds is 4. The molecule has 3 heterocycles. The number of fused-ring (bicyclic) bond motifs is 3. The fraction of sp³-hybridized carbons (Fsp3) is 0.625. The first kappa shape index (κ1) is 19.1. The number of ether oxygens (including phenoxy) is 1. The van der Waals surface area contributed by atoms with Gasteiger partial charge in [-0.25, -0.2) is 4.52 Å². The van der Waals surface area contributed by atoms with Crippen LogP contribution in [0.4, 0.5) is 32.3 Å². The van der Waals surface area contributed by atoms with Crippen LogP contribution in [-0.4, -0.2) is 46.5 Å². The molecule has 154 valence electrons. The van der Waals surface area contributed by atoms with Crippen LogP contribution in [-0.2, 0) is 6.18 Å². The standard InChI is InChI=1S/C16H17F6N5O/c17-15(18,19)7-28-10-3-4-11(16(20,21)22)27-13(10)25-14(26-27)24-12-8-1-2-9(12)6-23-5-8/h3-4,8-9,12,23H,1-2,5-7H2,(H,24,26). The summed E-state index contributed by atoms with van der Waals surface area (Å²) in [5.41, 5.74) is -1.56. The molecule has 0 aromatic carbocycles. The Morgan fingerprint density at radius 2 is 1.79 bits per heavy atom. The molecule has 2 aliphatic rings. The zero-order valence-corrected chi connectivity index (χ0v) is 14.4. The van der Waals surface area contributed by atoms with Crippen LogP contribution < -0.4 is 15.4 Å². The summed E-state index contributed by atoms with van der Waals surface area (Å²) in [4.78, 5) is 4.01. The van der Waals surface area contributed by atoms with E-state index in [1.807, 2.05) is 0 Å². The van der Waals surface area contributed by atoms with Gasteiger partial charge in [-0.3, -0.25) is 0 Å². The van der Waals surface area contributed by atoms with Crippen LogP contribution in [0.1, 0.15) is 18.5 Å². The SMILES string of the molecule is FC(F)(F)COc1ccc(C(F)(F)F)n2nc(NC3C4CCC3CNC4)nc12. The molecule has 2 N–H and O–H groups in total. The molecular formula is C16H17F6N5O. The van der Waals surface area contributed by atoms with Gasteiger partial charge in [0.15, 0.2) is 18.0 Å². The highest BCUT2D eigenvalue weighted by Gasteiger charge is 2.40. The Kier molecular flexibility index (Phi) is 4.55. The number of aromatic nitrogens is 3. The van der Waals surface area contributed by atoms with E-state index in [0.29, 0.717) is 22.4 Å². The number of hydrogen-bond acceptors (Lipinski definition) is 5. The van der Waals surface area contributed by atoms with Crippen molar-refractivity contribution < 1.29 is 31.1 Å². The first-order valence-electron chi connectivity index (χ1n) is 8.75.